The summed E-state index contributed by atoms with van der Waals surface area (Å²) in [5, 5.41) is 2.03. The zero-order valence-corrected chi connectivity index (χ0v) is 8.04. The number of thiophene rings is 1. The van der Waals surface area contributed by atoms with E-state index in [1.807, 2.05) is 0 Å². The molecule has 4 nitrogen and oxygen atoms in total. The number of nitrogens with one attached hydrogen (secondary N) is 1. The lowest BCUT2D eigenvalue weighted by molar-refractivity contribution is 0.107. The number of halogens is 1. The maximum Gasteiger partial charge on any atom is 0.293 e. The summed E-state index contributed by atoms with van der Waals surface area (Å²) in [7, 11) is -4.04. The van der Waals surface area contributed by atoms with Gasteiger partial charge in [-0.05, 0) is 23.2 Å². The van der Waals surface area contributed by atoms with E-state index in [0.29, 0.717) is 0 Å². The average Bonchev–Trinajstić information content (AvgIpc) is 2.55. The van der Waals surface area contributed by atoms with Crippen LogP contribution >= 0.6 is 23.1 Å². The monoisotopic (exact) mass is 225 g/mol. The summed E-state index contributed by atoms with van der Waals surface area (Å²) in [6.07, 6.45) is 0. The standard InChI is InChI=1S/C5H4ClNO3S2/c6-7-12(9,10)5(8)4-1-2-11-3-4/h1-3,7H. The molecule has 0 aliphatic rings. The molecule has 0 unspecified atom stereocenters. The van der Waals surface area contributed by atoms with Crippen LogP contribution in [0.2, 0.25) is 0 Å². The topological polar surface area (TPSA) is 63.2 Å². The molecule has 0 saturated carbocycles. The van der Waals surface area contributed by atoms with Crippen molar-refractivity contribution < 1.29 is 13.2 Å². The van der Waals surface area contributed by atoms with Crippen molar-refractivity contribution in [3.63, 3.8) is 0 Å². The first-order valence-electron chi connectivity index (χ1n) is 2.77. The molecule has 0 bridgehead atoms. The zero-order valence-electron chi connectivity index (χ0n) is 5.65. The molecule has 1 rings (SSSR count). The van der Waals surface area contributed by atoms with E-state index in [-0.39, 0.29) is 5.56 Å². The minimum absolute atomic E-state index is 0.119. The molecule has 1 N–H and O–H groups in total. The van der Waals surface area contributed by atoms with E-state index in [2.05, 4.69) is 0 Å². The zero-order chi connectivity index (χ0) is 9.19. The van der Waals surface area contributed by atoms with Crippen molar-refractivity contribution in [2.24, 2.45) is 0 Å². The van der Waals surface area contributed by atoms with Crippen LogP contribution in [0.15, 0.2) is 16.8 Å². The number of carbonyl (C=O) groups is 1. The molecular formula is C5H4ClNO3S2. The van der Waals surface area contributed by atoms with E-state index >= 15 is 0 Å². The highest BCUT2D eigenvalue weighted by Gasteiger charge is 2.22. The van der Waals surface area contributed by atoms with Gasteiger partial charge in [-0.2, -0.15) is 11.3 Å². The smallest absolute Gasteiger partial charge is 0.274 e. The van der Waals surface area contributed by atoms with Gasteiger partial charge in [0.2, 0.25) is 0 Å². The van der Waals surface area contributed by atoms with Gasteiger partial charge in [0.15, 0.2) is 0 Å². The van der Waals surface area contributed by atoms with Crippen LogP contribution in [-0.4, -0.2) is 13.5 Å². The van der Waals surface area contributed by atoms with Gasteiger partial charge in [0, 0.05) is 10.9 Å². The third kappa shape index (κ3) is 1.84. The third-order valence-electron chi connectivity index (χ3n) is 1.10. The molecule has 66 valence electrons. The fraction of sp³-hybridized carbons (Fsp3) is 0. The lowest BCUT2D eigenvalue weighted by atomic mass is 10.4. The van der Waals surface area contributed by atoms with Crippen LogP contribution in [0.4, 0.5) is 0 Å². The molecule has 1 aromatic rings. The van der Waals surface area contributed by atoms with Gasteiger partial charge >= 0.3 is 0 Å². The van der Waals surface area contributed by atoms with E-state index in [1.165, 1.54) is 27.0 Å². The Morgan fingerprint density at radius 2 is 2.25 bits per heavy atom. The van der Waals surface area contributed by atoms with Crippen molar-refractivity contribution in [2.75, 3.05) is 0 Å². The van der Waals surface area contributed by atoms with E-state index < -0.39 is 15.1 Å². The van der Waals surface area contributed by atoms with Gasteiger partial charge in [-0.1, -0.05) is 0 Å². The minimum atomic E-state index is -4.04. The van der Waals surface area contributed by atoms with Crippen LogP contribution in [0.5, 0.6) is 0 Å². The summed E-state index contributed by atoms with van der Waals surface area (Å²) in [5.41, 5.74) is 0.119. The Balaban J connectivity index is 3.03. The van der Waals surface area contributed by atoms with E-state index in [4.69, 9.17) is 11.8 Å². The molecule has 0 radical (unpaired) electrons. The highest BCUT2D eigenvalue weighted by molar-refractivity contribution is 8.05. The predicted octanol–water partition coefficient (Wildman–Crippen LogP) is 0.962. The molecule has 7 heteroatoms. The molecule has 0 aliphatic heterocycles. The second-order valence-corrected chi connectivity index (χ2v) is 4.65. The molecule has 0 aromatic carbocycles. The van der Waals surface area contributed by atoms with Gasteiger partial charge < -0.3 is 0 Å². The second-order valence-electron chi connectivity index (χ2n) is 1.88. The van der Waals surface area contributed by atoms with Crippen molar-refractivity contribution in [2.45, 2.75) is 0 Å². The summed E-state index contributed by atoms with van der Waals surface area (Å²) >= 11 is 6.09. The van der Waals surface area contributed by atoms with E-state index in [1.54, 1.807) is 5.38 Å². The van der Waals surface area contributed by atoms with Crippen molar-refractivity contribution in [1.82, 2.24) is 4.24 Å². The Hall–Kier alpha value is -0.430. The largest absolute Gasteiger partial charge is 0.293 e. The average molecular weight is 226 g/mol. The lowest BCUT2D eigenvalue weighted by Crippen LogP contribution is -2.23. The Bertz CT molecular complexity index is 369. The van der Waals surface area contributed by atoms with E-state index in [0.717, 1.165) is 0 Å². The molecular weight excluding hydrogens is 222 g/mol. The summed E-state index contributed by atoms with van der Waals surface area (Å²) in [6, 6.07) is 1.42. The first-order chi connectivity index (χ1) is 5.58. The molecule has 0 fully saturated rings. The van der Waals surface area contributed by atoms with Crippen LogP contribution in [0.25, 0.3) is 0 Å². The molecule has 0 aliphatic carbocycles. The van der Waals surface area contributed by atoms with Gasteiger partial charge in [-0.3, -0.25) is 4.79 Å². The summed E-state index contributed by atoms with van der Waals surface area (Å²) < 4.78 is 23.0. The number of carbonyl (C=O) groups excluding carboxylic acids is 1. The van der Waals surface area contributed by atoms with Crippen LogP contribution in [-0.2, 0) is 10.0 Å². The number of rotatable bonds is 2. The number of hydrogen-bond donors (Lipinski definition) is 1. The first-order valence-corrected chi connectivity index (χ1v) is 5.57. The molecule has 1 aromatic heterocycles. The van der Waals surface area contributed by atoms with Crippen LogP contribution < -0.4 is 4.24 Å². The summed E-state index contributed by atoms with van der Waals surface area (Å²) in [6.45, 7) is 0. The number of sulfonamides is 1. The van der Waals surface area contributed by atoms with Crippen LogP contribution in [0.1, 0.15) is 10.4 Å². The molecule has 1 heterocycles. The maximum atomic E-state index is 11.0. The molecule has 12 heavy (non-hydrogen) atoms. The second kappa shape index (κ2) is 3.53. The Labute approximate surface area is 78.3 Å². The van der Waals surface area contributed by atoms with Crippen LogP contribution in [0.3, 0.4) is 0 Å². The summed E-state index contributed by atoms with van der Waals surface area (Å²) in [5.74, 6) is 0. The predicted molar refractivity (Wildman–Crippen MR) is 46.6 cm³/mol. The highest BCUT2D eigenvalue weighted by atomic mass is 35.5. The fourth-order valence-electron chi connectivity index (χ4n) is 0.571. The van der Waals surface area contributed by atoms with E-state index in [9.17, 15) is 13.2 Å². The van der Waals surface area contributed by atoms with Gasteiger partial charge in [-0.25, -0.2) is 8.42 Å². The molecule has 0 saturated heterocycles. The fourth-order valence-corrected chi connectivity index (χ4v) is 2.00. The summed E-state index contributed by atoms with van der Waals surface area (Å²) in [4.78, 5) is 11.0. The van der Waals surface area contributed by atoms with Crippen molar-refractivity contribution in [3.05, 3.63) is 22.4 Å². The van der Waals surface area contributed by atoms with Crippen molar-refractivity contribution in [1.29, 1.82) is 0 Å². The van der Waals surface area contributed by atoms with Gasteiger partial charge in [0.1, 0.15) is 0 Å². The van der Waals surface area contributed by atoms with Crippen LogP contribution in [0, 0.1) is 0 Å². The molecule has 0 atom stereocenters. The Morgan fingerprint density at radius 1 is 1.58 bits per heavy atom. The van der Waals surface area contributed by atoms with Crippen molar-refractivity contribution in [3.8, 4) is 0 Å². The van der Waals surface area contributed by atoms with Gasteiger partial charge in [0.05, 0.1) is 0 Å². The quantitative estimate of drug-likeness (QED) is 0.763. The maximum absolute atomic E-state index is 11.0. The SMILES string of the molecule is O=C(c1ccsc1)S(=O)(=O)NCl. The normalized spacial score (nSPS) is 11.4. The minimum Gasteiger partial charge on any atom is -0.274 e. The molecule has 0 spiro atoms. The van der Waals surface area contributed by atoms with Crippen molar-refractivity contribution >= 4 is 38.3 Å². The molecule has 0 amide bonds. The van der Waals surface area contributed by atoms with Gasteiger partial charge in [0.25, 0.3) is 15.1 Å². The van der Waals surface area contributed by atoms with Gasteiger partial charge in [-0.15, -0.1) is 4.24 Å². The number of hydrogen-bond acceptors (Lipinski definition) is 4. The Kier molecular flexibility index (Phi) is 2.84. The third-order valence-corrected chi connectivity index (χ3v) is 3.32. The first kappa shape index (κ1) is 9.66. The highest BCUT2D eigenvalue weighted by Crippen LogP contribution is 2.09. The lowest BCUT2D eigenvalue weighted by Gasteiger charge is -1.95. The Morgan fingerprint density at radius 3 is 2.67 bits per heavy atom.